The lowest BCUT2D eigenvalue weighted by Gasteiger charge is -2.17. The van der Waals surface area contributed by atoms with E-state index in [1.165, 1.54) is 118 Å². The van der Waals surface area contributed by atoms with E-state index in [0.29, 0.717) is 19.3 Å². The highest BCUT2D eigenvalue weighted by atomic mass is 16.1. The van der Waals surface area contributed by atoms with E-state index in [4.69, 9.17) is 0 Å². The largest absolute Gasteiger partial charge is 0.309 e. The minimum atomic E-state index is 0.169. The van der Waals surface area contributed by atoms with Gasteiger partial charge in [-0.15, -0.1) is 0 Å². The molecule has 3 aromatic heterocycles. The molecule has 10 rings (SSSR count). The number of rotatable bonds is 30. The molecule has 0 aliphatic heterocycles. The predicted octanol–water partition coefficient (Wildman–Crippen LogP) is 21.9. The monoisotopic (exact) mass is 1080 g/mol. The topological polar surface area (TPSA) is 66.0 Å². The zero-order valence-electron chi connectivity index (χ0n) is 49.7. The molecule has 0 N–H and O–H groups in total. The molecule has 0 bridgehead atoms. The molecule has 81 heavy (non-hydrogen) atoms. The van der Waals surface area contributed by atoms with Crippen molar-refractivity contribution < 1.29 is 14.4 Å². The number of unbranched alkanes of at least 4 members (excludes halogenated alkanes) is 18. The van der Waals surface area contributed by atoms with Crippen molar-refractivity contribution >= 4 is 82.8 Å². The molecule has 0 amide bonds. The fourth-order valence-corrected chi connectivity index (χ4v) is 12.9. The van der Waals surface area contributed by atoms with Gasteiger partial charge in [-0.3, -0.25) is 14.4 Å². The standard InChI is InChI=1S/C75H87N3O3/c1-7-10-13-16-19-22-25-28-73(79)55-34-40-70-64(46-55)63-45-54(6)33-39-69(63)77(70)59-49-58(76-67-37-31-52(4)43-61(67)62-44-53(5)32-38-68(62)76)50-60(51-59)78-71-41-35-56(74(80)29-26-23-20-17-14-11-8-2)47-65(71)66-48-57(36-42-72(66)78)75(81)30-27-24-21-18-15-12-9-3/h31-51H,7-30H2,1-6H3. The number of aryl methyl sites for hydroxylation is 3. The van der Waals surface area contributed by atoms with Crippen LogP contribution in [0.5, 0.6) is 0 Å². The highest BCUT2D eigenvalue weighted by Gasteiger charge is 2.23. The lowest BCUT2D eigenvalue weighted by molar-refractivity contribution is 0.0971. The summed E-state index contributed by atoms with van der Waals surface area (Å²) in [4.78, 5) is 42.3. The second-order valence-corrected chi connectivity index (χ2v) is 23.9. The summed E-state index contributed by atoms with van der Waals surface area (Å²) in [6.45, 7) is 13.2. The fraction of sp³-hybridized carbons (Fsp3) is 0.400. The molecule has 6 nitrogen and oxygen atoms in total. The Kier molecular flexibility index (Phi) is 18.8. The summed E-state index contributed by atoms with van der Waals surface area (Å²) in [5, 5.41) is 6.54. The number of Topliss-reactive ketones (excluding diaryl/α,β-unsaturated/α-hetero) is 3. The molecule has 7 aromatic carbocycles. The number of carbonyl (C=O) groups excluding carboxylic acids is 3. The quantitative estimate of drug-likeness (QED) is 0.0333. The van der Waals surface area contributed by atoms with Gasteiger partial charge in [-0.05, 0) is 149 Å². The number of ketones is 3. The molecule has 0 fully saturated rings. The average Bonchev–Trinajstić information content (AvgIpc) is 4.32. The van der Waals surface area contributed by atoms with Crippen molar-refractivity contribution in [2.75, 3.05) is 0 Å². The van der Waals surface area contributed by atoms with Crippen molar-refractivity contribution in [3.63, 3.8) is 0 Å². The number of hydrogen-bond acceptors (Lipinski definition) is 3. The molecular formula is C75H87N3O3. The van der Waals surface area contributed by atoms with Crippen molar-refractivity contribution in [2.24, 2.45) is 0 Å². The first-order valence-corrected chi connectivity index (χ1v) is 31.5. The third-order valence-electron chi connectivity index (χ3n) is 17.4. The summed E-state index contributed by atoms with van der Waals surface area (Å²) in [5.41, 5.74) is 15.1. The molecule has 6 heteroatoms. The maximum absolute atomic E-state index is 14.2. The molecule has 0 radical (unpaired) electrons. The number of hydrogen-bond donors (Lipinski definition) is 0. The maximum atomic E-state index is 14.2. The first-order chi connectivity index (χ1) is 39.6. The zero-order chi connectivity index (χ0) is 56.4. The Labute approximate surface area is 481 Å². The Balaban J connectivity index is 1.14. The van der Waals surface area contributed by atoms with Gasteiger partial charge in [-0.2, -0.15) is 0 Å². The van der Waals surface area contributed by atoms with E-state index in [1.807, 2.05) is 18.2 Å². The van der Waals surface area contributed by atoms with Crippen LogP contribution in [-0.2, 0) is 0 Å². The highest BCUT2D eigenvalue weighted by molar-refractivity contribution is 6.15. The SMILES string of the molecule is CCCCCCCCCC(=O)c1ccc2c(c1)c1cc(C)ccc1n2-c1cc(-n2c3ccc(C)cc3c3cc(C)ccc32)cc(-n2c3ccc(C(=O)CCCCCCCCC)cc3c3cc(C(=O)CCCCCCCCC)ccc32)c1. The summed E-state index contributed by atoms with van der Waals surface area (Å²) in [7, 11) is 0. The summed E-state index contributed by atoms with van der Waals surface area (Å²) in [6, 6.07) is 46.1. The van der Waals surface area contributed by atoms with Gasteiger partial charge in [0.1, 0.15) is 0 Å². The molecule has 10 aromatic rings. The predicted molar refractivity (Wildman–Crippen MR) is 344 cm³/mol. The van der Waals surface area contributed by atoms with Crippen LogP contribution >= 0.6 is 0 Å². The normalized spacial score (nSPS) is 11.9. The van der Waals surface area contributed by atoms with E-state index in [-0.39, 0.29) is 17.3 Å². The van der Waals surface area contributed by atoms with Crippen LogP contribution in [0.25, 0.3) is 82.5 Å². The Morgan fingerprint density at radius 1 is 0.272 bits per heavy atom. The van der Waals surface area contributed by atoms with Crippen LogP contribution in [0, 0.1) is 20.8 Å². The van der Waals surface area contributed by atoms with Crippen LogP contribution in [0.4, 0.5) is 0 Å². The number of carbonyl (C=O) groups is 3. The van der Waals surface area contributed by atoms with E-state index in [2.05, 4.69) is 164 Å². The summed E-state index contributed by atoms with van der Waals surface area (Å²) < 4.78 is 7.16. The maximum Gasteiger partial charge on any atom is 0.162 e. The fourth-order valence-electron chi connectivity index (χ4n) is 12.9. The van der Waals surface area contributed by atoms with Crippen molar-refractivity contribution in [3.8, 4) is 17.1 Å². The number of nitrogens with zero attached hydrogens (tertiary/aromatic N) is 3. The molecule has 0 spiro atoms. The van der Waals surface area contributed by atoms with E-state index < -0.39 is 0 Å². The van der Waals surface area contributed by atoms with Crippen LogP contribution in [0.2, 0.25) is 0 Å². The molecule has 0 saturated carbocycles. The van der Waals surface area contributed by atoms with Crippen molar-refractivity contribution in [1.82, 2.24) is 13.7 Å². The summed E-state index contributed by atoms with van der Waals surface area (Å²) in [6.07, 6.45) is 26.0. The van der Waals surface area contributed by atoms with Gasteiger partial charge < -0.3 is 13.7 Å². The van der Waals surface area contributed by atoms with Crippen LogP contribution in [0.1, 0.15) is 223 Å². The van der Waals surface area contributed by atoms with Crippen LogP contribution in [0.15, 0.2) is 127 Å². The smallest absolute Gasteiger partial charge is 0.162 e. The Bertz CT molecular complexity index is 3730. The lowest BCUT2D eigenvalue weighted by atomic mass is 9.99. The second kappa shape index (κ2) is 26.7. The van der Waals surface area contributed by atoms with Gasteiger partial charge in [-0.1, -0.05) is 171 Å². The first kappa shape index (κ1) is 57.2. The Hall–Kier alpha value is -7.05. The van der Waals surface area contributed by atoms with Gasteiger partial charge in [0.15, 0.2) is 17.3 Å². The van der Waals surface area contributed by atoms with Gasteiger partial charge in [-0.25, -0.2) is 0 Å². The number of aromatic nitrogens is 3. The van der Waals surface area contributed by atoms with Crippen molar-refractivity contribution in [3.05, 3.63) is 161 Å². The van der Waals surface area contributed by atoms with E-state index >= 15 is 0 Å². The van der Waals surface area contributed by atoms with Gasteiger partial charge in [0.25, 0.3) is 0 Å². The third-order valence-corrected chi connectivity index (χ3v) is 17.4. The van der Waals surface area contributed by atoms with Crippen molar-refractivity contribution in [1.29, 1.82) is 0 Å². The second-order valence-electron chi connectivity index (χ2n) is 23.9. The lowest BCUT2D eigenvalue weighted by Crippen LogP contribution is -2.04. The van der Waals surface area contributed by atoms with Crippen LogP contribution in [-0.4, -0.2) is 31.1 Å². The average molecular weight is 1080 g/mol. The molecule has 3 heterocycles. The van der Waals surface area contributed by atoms with Crippen LogP contribution < -0.4 is 0 Å². The number of fused-ring (bicyclic) bond motifs is 9. The zero-order valence-corrected chi connectivity index (χ0v) is 49.7. The summed E-state index contributed by atoms with van der Waals surface area (Å²) in [5.74, 6) is 0.544. The molecule has 0 aliphatic carbocycles. The van der Waals surface area contributed by atoms with Gasteiger partial charge in [0, 0.05) is 68.3 Å². The van der Waals surface area contributed by atoms with Crippen molar-refractivity contribution in [2.45, 2.75) is 196 Å². The minimum absolute atomic E-state index is 0.169. The van der Waals surface area contributed by atoms with E-state index in [0.717, 1.165) is 132 Å². The molecule has 0 atom stereocenters. The minimum Gasteiger partial charge on any atom is -0.309 e. The molecule has 0 saturated heterocycles. The molecule has 0 unspecified atom stereocenters. The molecular weight excluding hydrogens is 991 g/mol. The first-order valence-electron chi connectivity index (χ1n) is 31.5. The summed E-state index contributed by atoms with van der Waals surface area (Å²) >= 11 is 0. The van der Waals surface area contributed by atoms with Gasteiger partial charge in [0.05, 0.1) is 50.2 Å². The van der Waals surface area contributed by atoms with E-state index in [1.54, 1.807) is 0 Å². The third kappa shape index (κ3) is 12.7. The molecule has 0 aliphatic rings. The highest BCUT2D eigenvalue weighted by Crippen LogP contribution is 2.41. The Morgan fingerprint density at radius 3 is 0.753 bits per heavy atom. The van der Waals surface area contributed by atoms with E-state index in [9.17, 15) is 14.4 Å². The van der Waals surface area contributed by atoms with Gasteiger partial charge >= 0.3 is 0 Å². The molecule has 420 valence electrons. The van der Waals surface area contributed by atoms with Crippen LogP contribution in [0.3, 0.4) is 0 Å². The van der Waals surface area contributed by atoms with Gasteiger partial charge in [0.2, 0.25) is 0 Å². The Morgan fingerprint density at radius 2 is 0.494 bits per heavy atom. The number of benzene rings is 7.